The number of ether oxygens (including phenoxy) is 1. The zero-order chi connectivity index (χ0) is 18.9. The molecule has 3 rings (SSSR count). The van der Waals surface area contributed by atoms with Gasteiger partial charge >= 0.3 is 0 Å². The van der Waals surface area contributed by atoms with Crippen LogP contribution < -0.4 is 9.04 Å². The summed E-state index contributed by atoms with van der Waals surface area (Å²) in [6.07, 6.45) is 1.59. The zero-order valence-electron chi connectivity index (χ0n) is 14.7. The molecule has 1 heterocycles. The first-order valence-electron chi connectivity index (χ1n) is 8.07. The van der Waals surface area contributed by atoms with Crippen LogP contribution in [0.25, 0.3) is 10.9 Å². The molecule has 0 aliphatic carbocycles. The van der Waals surface area contributed by atoms with Gasteiger partial charge in [0, 0.05) is 15.9 Å². The van der Waals surface area contributed by atoms with Crippen molar-refractivity contribution in [3.05, 3.63) is 59.2 Å². The average Bonchev–Trinajstić information content (AvgIpc) is 2.61. The van der Waals surface area contributed by atoms with Crippen molar-refractivity contribution in [1.29, 1.82) is 0 Å². The number of nitrogens with zero attached hydrogens (tertiary/aromatic N) is 2. The van der Waals surface area contributed by atoms with Gasteiger partial charge in [-0.25, -0.2) is 8.42 Å². The molecule has 0 radical (unpaired) electrons. The predicted octanol–water partition coefficient (Wildman–Crippen LogP) is 4.61. The second-order valence-electron chi connectivity index (χ2n) is 6.08. The monoisotopic (exact) mass is 434 g/mol. The van der Waals surface area contributed by atoms with E-state index in [0.717, 1.165) is 10.9 Å². The molecular formula is C19H19BrN2O3S. The number of benzene rings is 2. The number of aromatic nitrogens is 1. The highest BCUT2D eigenvalue weighted by Gasteiger charge is 2.31. The van der Waals surface area contributed by atoms with E-state index in [4.69, 9.17) is 4.74 Å². The Morgan fingerprint density at radius 1 is 1.12 bits per heavy atom. The maximum atomic E-state index is 13.4. The van der Waals surface area contributed by atoms with Crippen molar-refractivity contribution < 1.29 is 13.2 Å². The molecule has 0 N–H and O–H groups in total. The van der Waals surface area contributed by atoms with Crippen molar-refractivity contribution in [2.24, 2.45) is 0 Å². The molecule has 0 spiro atoms. The van der Waals surface area contributed by atoms with Crippen molar-refractivity contribution in [1.82, 2.24) is 4.98 Å². The first-order valence-corrected chi connectivity index (χ1v) is 10.3. The number of sulfonamides is 1. The van der Waals surface area contributed by atoms with Gasteiger partial charge < -0.3 is 4.74 Å². The number of halogens is 1. The van der Waals surface area contributed by atoms with E-state index in [1.165, 1.54) is 11.4 Å². The zero-order valence-corrected chi connectivity index (χ0v) is 17.1. The summed E-state index contributed by atoms with van der Waals surface area (Å²) >= 11 is 3.34. The number of hydrogen-bond acceptors (Lipinski definition) is 4. The van der Waals surface area contributed by atoms with E-state index in [0.29, 0.717) is 15.9 Å². The highest BCUT2D eigenvalue weighted by Crippen LogP contribution is 2.34. The lowest BCUT2D eigenvalue weighted by Crippen LogP contribution is -2.37. The van der Waals surface area contributed by atoms with Gasteiger partial charge in [-0.05, 0) is 44.2 Å². The molecule has 0 saturated carbocycles. The van der Waals surface area contributed by atoms with Crippen molar-refractivity contribution in [2.45, 2.75) is 24.8 Å². The Labute approximate surface area is 161 Å². The van der Waals surface area contributed by atoms with E-state index in [9.17, 15) is 8.42 Å². The van der Waals surface area contributed by atoms with Gasteiger partial charge in [0.25, 0.3) is 10.0 Å². The number of pyridine rings is 1. The number of fused-ring (bicyclic) bond motifs is 1. The van der Waals surface area contributed by atoms with Crippen LogP contribution >= 0.6 is 15.9 Å². The lowest BCUT2D eigenvalue weighted by molar-refractivity contribution is 0.402. The van der Waals surface area contributed by atoms with Gasteiger partial charge in [0.15, 0.2) is 0 Å². The van der Waals surface area contributed by atoms with Gasteiger partial charge in [0.1, 0.15) is 10.6 Å². The van der Waals surface area contributed by atoms with Crippen LogP contribution in [0.2, 0.25) is 0 Å². The minimum absolute atomic E-state index is 0.108. The Hall–Kier alpha value is -2.12. The van der Waals surface area contributed by atoms with Crippen LogP contribution in [0.4, 0.5) is 5.69 Å². The third-order valence-electron chi connectivity index (χ3n) is 3.96. The van der Waals surface area contributed by atoms with E-state index >= 15 is 0 Å². The third kappa shape index (κ3) is 3.41. The standard InChI is InChI=1S/C19H19BrN2O3S/c1-13(2)22(16-10-14-6-4-5-7-17(14)21-12-16)26(23,24)19-11-15(20)8-9-18(19)25-3/h4-13H,1-3H3. The Balaban J connectivity index is 2.19. The Bertz CT molecular complexity index is 1050. The quantitative estimate of drug-likeness (QED) is 0.588. The molecule has 1 aromatic heterocycles. The molecule has 0 amide bonds. The molecule has 26 heavy (non-hydrogen) atoms. The van der Waals surface area contributed by atoms with Crippen molar-refractivity contribution in [2.75, 3.05) is 11.4 Å². The fourth-order valence-electron chi connectivity index (χ4n) is 2.85. The summed E-state index contributed by atoms with van der Waals surface area (Å²) < 4.78 is 34.2. The molecule has 0 aliphatic heterocycles. The molecule has 0 saturated heterocycles. The number of anilines is 1. The van der Waals surface area contributed by atoms with Gasteiger partial charge in [-0.2, -0.15) is 0 Å². The Morgan fingerprint density at radius 3 is 2.54 bits per heavy atom. The van der Waals surface area contributed by atoms with Gasteiger partial charge in [-0.3, -0.25) is 9.29 Å². The molecule has 0 unspecified atom stereocenters. The van der Waals surface area contributed by atoms with Crippen LogP contribution in [0.15, 0.2) is 64.1 Å². The van der Waals surface area contributed by atoms with E-state index in [2.05, 4.69) is 20.9 Å². The van der Waals surface area contributed by atoms with Gasteiger partial charge in [0.2, 0.25) is 0 Å². The highest BCUT2D eigenvalue weighted by atomic mass is 79.9. The molecule has 5 nitrogen and oxygen atoms in total. The van der Waals surface area contributed by atoms with Crippen molar-refractivity contribution in [3.63, 3.8) is 0 Å². The molecule has 3 aromatic rings. The van der Waals surface area contributed by atoms with Gasteiger partial charge in [-0.1, -0.05) is 34.1 Å². The van der Waals surface area contributed by atoms with Crippen molar-refractivity contribution >= 4 is 42.5 Å². The van der Waals surface area contributed by atoms with Gasteiger partial charge in [-0.15, -0.1) is 0 Å². The first-order chi connectivity index (χ1) is 12.3. The van der Waals surface area contributed by atoms with Crippen LogP contribution in [-0.4, -0.2) is 26.6 Å². The number of methoxy groups -OCH3 is 1. The van der Waals surface area contributed by atoms with E-state index in [1.54, 1.807) is 24.4 Å². The van der Waals surface area contributed by atoms with E-state index in [1.807, 2.05) is 44.2 Å². The van der Waals surface area contributed by atoms with Crippen LogP contribution in [0.5, 0.6) is 5.75 Å². The maximum Gasteiger partial charge on any atom is 0.268 e. The minimum Gasteiger partial charge on any atom is -0.495 e. The van der Waals surface area contributed by atoms with Crippen LogP contribution in [0.3, 0.4) is 0 Å². The topological polar surface area (TPSA) is 59.5 Å². The summed E-state index contributed by atoms with van der Waals surface area (Å²) in [5.41, 5.74) is 1.33. The maximum absolute atomic E-state index is 13.4. The summed E-state index contributed by atoms with van der Waals surface area (Å²) in [6, 6.07) is 14.1. The third-order valence-corrected chi connectivity index (χ3v) is 6.48. The van der Waals surface area contributed by atoms with Crippen molar-refractivity contribution in [3.8, 4) is 5.75 Å². The summed E-state index contributed by atoms with van der Waals surface area (Å²) in [5, 5.41) is 0.882. The smallest absolute Gasteiger partial charge is 0.268 e. The lowest BCUT2D eigenvalue weighted by Gasteiger charge is -2.28. The second-order valence-corrected chi connectivity index (χ2v) is 8.78. The van der Waals surface area contributed by atoms with Gasteiger partial charge in [0.05, 0.1) is 24.5 Å². The fraction of sp³-hybridized carbons (Fsp3) is 0.211. The minimum atomic E-state index is -3.85. The number of rotatable bonds is 5. The molecule has 0 bridgehead atoms. The molecule has 2 aromatic carbocycles. The fourth-order valence-corrected chi connectivity index (χ4v) is 5.19. The molecule has 0 atom stereocenters. The highest BCUT2D eigenvalue weighted by molar-refractivity contribution is 9.10. The van der Waals surface area contributed by atoms with E-state index in [-0.39, 0.29) is 10.9 Å². The summed E-state index contributed by atoms with van der Waals surface area (Å²) in [5.74, 6) is 0.299. The SMILES string of the molecule is COc1ccc(Br)cc1S(=O)(=O)N(c1cnc2ccccc2c1)C(C)C. The second kappa shape index (κ2) is 7.25. The molecule has 7 heteroatoms. The van der Waals surface area contributed by atoms with Crippen LogP contribution in [0.1, 0.15) is 13.8 Å². The van der Waals surface area contributed by atoms with Crippen LogP contribution in [-0.2, 0) is 10.0 Å². The first kappa shape index (κ1) is 18.7. The molecular weight excluding hydrogens is 416 g/mol. The lowest BCUT2D eigenvalue weighted by atomic mass is 10.2. The molecule has 0 fully saturated rings. The predicted molar refractivity (Wildman–Crippen MR) is 107 cm³/mol. The van der Waals surface area contributed by atoms with E-state index < -0.39 is 10.0 Å². The summed E-state index contributed by atoms with van der Waals surface area (Å²) in [7, 11) is -2.39. The average molecular weight is 435 g/mol. The normalized spacial score (nSPS) is 11.7. The van der Waals surface area contributed by atoms with Crippen LogP contribution in [0, 0.1) is 0 Å². The number of hydrogen-bond donors (Lipinski definition) is 0. The Morgan fingerprint density at radius 2 is 1.85 bits per heavy atom. The summed E-state index contributed by atoms with van der Waals surface area (Å²) in [4.78, 5) is 4.51. The summed E-state index contributed by atoms with van der Waals surface area (Å²) in [6.45, 7) is 3.66. The molecule has 136 valence electrons. The Kier molecular flexibility index (Phi) is 5.20. The number of para-hydroxylation sites is 1. The molecule has 0 aliphatic rings. The largest absolute Gasteiger partial charge is 0.495 e.